The minimum Gasteiger partial charge on any atom is -0.444 e. The molecule has 0 spiro atoms. The molecule has 0 aromatic rings. The molecule has 2 amide bonds. The van der Waals surface area contributed by atoms with E-state index in [4.69, 9.17) is 4.74 Å². The minimum absolute atomic E-state index is 0.205. The van der Waals surface area contributed by atoms with E-state index in [1.165, 1.54) is 12.8 Å². The van der Waals surface area contributed by atoms with E-state index in [1.54, 1.807) is 11.8 Å². The van der Waals surface area contributed by atoms with E-state index in [9.17, 15) is 9.59 Å². The molecule has 0 radical (unpaired) electrons. The molecule has 27 heavy (non-hydrogen) atoms. The quantitative estimate of drug-likeness (QED) is 0.695. The Bertz CT molecular complexity index is 576. The molecule has 6 heteroatoms. The fraction of sp³-hybridized carbons (Fsp3) is 0.810. The van der Waals surface area contributed by atoms with Crippen molar-refractivity contribution in [1.29, 1.82) is 0 Å². The molecule has 0 aromatic heterocycles. The molecule has 0 bridgehead atoms. The molecule has 0 N–H and O–H groups in total. The van der Waals surface area contributed by atoms with Gasteiger partial charge in [0.05, 0.1) is 0 Å². The standard InChI is InChI=1S/C21H34N2O3S/c1-21(2,3)26-20(25)23-12-8-9-16(14-23)18-13-17(15-27-18)19(24)22-10-6-4-5-7-11-22/h15-16,18H,4-14H2,1-3H3. The summed E-state index contributed by atoms with van der Waals surface area (Å²) >= 11 is 1.79. The lowest BCUT2D eigenvalue weighted by atomic mass is 9.91. The molecule has 2 atom stereocenters. The van der Waals surface area contributed by atoms with Crippen LogP contribution in [-0.4, -0.2) is 58.8 Å². The van der Waals surface area contributed by atoms with Crippen LogP contribution >= 0.6 is 11.8 Å². The Morgan fingerprint density at radius 2 is 1.70 bits per heavy atom. The lowest BCUT2D eigenvalue weighted by Crippen LogP contribution is -2.45. The van der Waals surface area contributed by atoms with Crippen molar-refractivity contribution in [1.82, 2.24) is 9.80 Å². The Balaban J connectivity index is 1.52. The molecule has 5 nitrogen and oxygen atoms in total. The first-order chi connectivity index (χ1) is 12.8. The number of ether oxygens (including phenoxy) is 1. The molecule has 0 aliphatic carbocycles. The predicted molar refractivity (Wildman–Crippen MR) is 110 cm³/mol. The zero-order chi connectivity index (χ0) is 19.4. The van der Waals surface area contributed by atoms with E-state index in [0.717, 1.165) is 63.9 Å². The van der Waals surface area contributed by atoms with Crippen molar-refractivity contribution in [2.45, 2.75) is 76.6 Å². The van der Waals surface area contributed by atoms with E-state index < -0.39 is 5.60 Å². The summed E-state index contributed by atoms with van der Waals surface area (Å²) in [5, 5.41) is 2.49. The van der Waals surface area contributed by atoms with Crippen molar-refractivity contribution in [2.75, 3.05) is 26.2 Å². The van der Waals surface area contributed by atoms with Gasteiger partial charge in [-0.2, -0.15) is 0 Å². The number of thioether (sulfide) groups is 1. The highest BCUT2D eigenvalue weighted by molar-refractivity contribution is 8.03. The third kappa shape index (κ3) is 5.66. The van der Waals surface area contributed by atoms with Crippen LogP contribution in [-0.2, 0) is 9.53 Å². The lowest BCUT2D eigenvalue weighted by Gasteiger charge is -2.36. The van der Waals surface area contributed by atoms with Gasteiger partial charge < -0.3 is 14.5 Å². The maximum Gasteiger partial charge on any atom is 0.410 e. The molecule has 3 aliphatic heterocycles. The number of carbonyl (C=O) groups excluding carboxylic acids is 2. The fourth-order valence-corrected chi connectivity index (χ4v) is 5.44. The highest BCUT2D eigenvalue weighted by Gasteiger charge is 2.35. The first-order valence-electron chi connectivity index (χ1n) is 10.5. The molecule has 3 aliphatic rings. The van der Waals surface area contributed by atoms with Crippen LogP contribution in [0.1, 0.15) is 65.7 Å². The second kappa shape index (κ2) is 8.89. The van der Waals surface area contributed by atoms with Crippen LogP contribution in [0.4, 0.5) is 4.79 Å². The van der Waals surface area contributed by atoms with Gasteiger partial charge in [-0.25, -0.2) is 4.79 Å². The van der Waals surface area contributed by atoms with Crippen molar-refractivity contribution >= 4 is 23.8 Å². The SMILES string of the molecule is CC(C)(C)OC(=O)N1CCCC(C2CC(C(=O)N3CCCCCC3)=CS2)C1. The molecule has 0 saturated carbocycles. The molecule has 2 unspecified atom stereocenters. The second-order valence-corrected chi connectivity index (χ2v) is 10.2. The number of hydrogen-bond donors (Lipinski definition) is 0. The number of rotatable bonds is 2. The van der Waals surface area contributed by atoms with Gasteiger partial charge in [0.1, 0.15) is 5.60 Å². The van der Waals surface area contributed by atoms with Gasteiger partial charge in [-0.15, -0.1) is 11.8 Å². The van der Waals surface area contributed by atoms with Crippen molar-refractivity contribution in [2.24, 2.45) is 5.92 Å². The van der Waals surface area contributed by atoms with Gasteiger partial charge in [0, 0.05) is 37.0 Å². The van der Waals surface area contributed by atoms with Gasteiger partial charge >= 0.3 is 6.09 Å². The Morgan fingerprint density at radius 3 is 2.37 bits per heavy atom. The molecular weight excluding hydrogens is 360 g/mol. The van der Waals surface area contributed by atoms with E-state index in [2.05, 4.69) is 10.3 Å². The largest absolute Gasteiger partial charge is 0.444 e. The first kappa shape index (κ1) is 20.6. The minimum atomic E-state index is -0.458. The molecule has 3 rings (SSSR count). The van der Waals surface area contributed by atoms with E-state index >= 15 is 0 Å². The summed E-state index contributed by atoms with van der Waals surface area (Å²) < 4.78 is 5.55. The molecule has 2 saturated heterocycles. The average molecular weight is 395 g/mol. The molecule has 2 fully saturated rings. The van der Waals surface area contributed by atoms with Crippen LogP contribution in [0.5, 0.6) is 0 Å². The van der Waals surface area contributed by atoms with E-state index in [0.29, 0.717) is 11.2 Å². The van der Waals surface area contributed by atoms with Crippen LogP contribution in [0, 0.1) is 5.92 Å². The van der Waals surface area contributed by atoms with Crippen LogP contribution in [0.25, 0.3) is 0 Å². The maximum absolute atomic E-state index is 12.9. The van der Waals surface area contributed by atoms with Crippen molar-refractivity contribution in [3.63, 3.8) is 0 Å². The summed E-state index contributed by atoms with van der Waals surface area (Å²) in [6, 6.07) is 0. The molecule has 3 heterocycles. The van der Waals surface area contributed by atoms with Crippen molar-refractivity contribution in [3.05, 3.63) is 11.0 Å². The lowest BCUT2D eigenvalue weighted by molar-refractivity contribution is -0.127. The van der Waals surface area contributed by atoms with Gasteiger partial charge in [-0.1, -0.05) is 12.8 Å². The average Bonchev–Trinajstić information content (AvgIpc) is 2.95. The third-order valence-electron chi connectivity index (χ3n) is 5.61. The highest BCUT2D eigenvalue weighted by atomic mass is 32.2. The second-order valence-electron chi connectivity index (χ2n) is 9.06. The van der Waals surface area contributed by atoms with Crippen LogP contribution in [0.3, 0.4) is 0 Å². The number of piperidine rings is 1. The molecule has 152 valence electrons. The summed E-state index contributed by atoms with van der Waals surface area (Å²) in [5.74, 6) is 0.675. The molecular formula is C21H34N2O3S. The van der Waals surface area contributed by atoms with Gasteiger partial charge in [0.25, 0.3) is 0 Å². The Morgan fingerprint density at radius 1 is 1.04 bits per heavy atom. The van der Waals surface area contributed by atoms with Crippen molar-refractivity contribution < 1.29 is 14.3 Å². The summed E-state index contributed by atoms with van der Waals surface area (Å²) in [6.45, 7) is 9.04. The monoisotopic (exact) mass is 394 g/mol. The van der Waals surface area contributed by atoms with Gasteiger partial charge in [0.2, 0.25) is 5.91 Å². The van der Waals surface area contributed by atoms with Crippen LogP contribution in [0.15, 0.2) is 11.0 Å². The highest BCUT2D eigenvalue weighted by Crippen LogP contribution is 2.39. The van der Waals surface area contributed by atoms with E-state index in [-0.39, 0.29) is 12.0 Å². The van der Waals surface area contributed by atoms with Gasteiger partial charge in [-0.3, -0.25) is 4.79 Å². The number of amides is 2. The topological polar surface area (TPSA) is 49.9 Å². The maximum atomic E-state index is 12.9. The predicted octanol–water partition coefficient (Wildman–Crippen LogP) is 4.43. The zero-order valence-electron chi connectivity index (χ0n) is 17.0. The van der Waals surface area contributed by atoms with E-state index in [1.807, 2.05) is 25.7 Å². The number of hydrogen-bond acceptors (Lipinski definition) is 4. The summed E-state index contributed by atoms with van der Waals surface area (Å²) in [6.07, 6.45) is 7.50. The van der Waals surface area contributed by atoms with Gasteiger partial charge in [0.15, 0.2) is 0 Å². The number of likely N-dealkylation sites (tertiary alicyclic amines) is 2. The third-order valence-corrected chi connectivity index (χ3v) is 6.93. The number of nitrogens with zero attached hydrogens (tertiary/aromatic N) is 2. The molecule has 0 aromatic carbocycles. The number of carbonyl (C=O) groups is 2. The van der Waals surface area contributed by atoms with Crippen molar-refractivity contribution in [3.8, 4) is 0 Å². The Labute approximate surface area is 167 Å². The fourth-order valence-electron chi connectivity index (χ4n) is 4.18. The summed E-state index contributed by atoms with van der Waals surface area (Å²) in [5.41, 5.74) is 0.516. The normalized spacial score (nSPS) is 27.1. The van der Waals surface area contributed by atoms with Crippen LogP contribution < -0.4 is 0 Å². The Hall–Kier alpha value is -1.17. The Kier molecular flexibility index (Phi) is 6.77. The van der Waals surface area contributed by atoms with Gasteiger partial charge in [-0.05, 0) is 64.2 Å². The summed E-state index contributed by atoms with van der Waals surface area (Å²) in [7, 11) is 0. The summed E-state index contributed by atoms with van der Waals surface area (Å²) in [4.78, 5) is 29.2. The zero-order valence-corrected chi connectivity index (χ0v) is 17.9. The van der Waals surface area contributed by atoms with Crippen LogP contribution in [0.2, 0.25) is 0 Å². The first-order valence-corrected chi connectivity index (χ1v) is 11.4. The smallest absolute Gasteiger partial charge is 0.410 e.